The minimum Gasteiger partial charge on any atom is -0.383 e. The summed E-state index contributed by atoms with van der Waals surface area (Å²) in [6.45, 7) is 4.55. The van der Waals surface area contributed by atoms with Gasteiger partial charge in [0.05, 0.1) is 11.5 Å². The number of nitrogens with zero attached hydrogens (tertiary/aromatic N) is 4. The summed E-state index contributed by atoms with van der Waals surface area (Å²) in [5.41, 5.74) is -0.123. The average Bonchev–Trinajstić information content (AvgIpc) is 2.56. The van der Waals surface area contributed by atoms with Crippen LogP contribution < -0.4 is 10.6 Å². The van der Waals surface area contributed by atoms with E-state index in [1.165, 1.54) is 25.6 Å². The van der Waals surface area contributed by atoms with E-state index in [-0.39, 0.29) is 17.3 Å². The van der Waals surface area contributed by atoms with Gasteiger partial charge in [0.25, 0.3) is 0 Å². The number of hydrogen-bond acceptors (Lipinski definition) is 8. The molecule has 128 valence electrons. The molecule has 1 aromatic heterocycles. The van der Waals surface area contributed by atoms with Crippen molar-refractivity contribution in [3.05, 3.63) is 16.4 Å². The van der Waals surface area contributed by atoms with Gasteiger partial charge in [-0.3, -0.25) is 10.1 Å². The van der Waals surface area contributed by atoms with Gasteiger partial charge in [-0.05, 0) is 25.9 Å². The number of nitrogens with one attached hydrogen (secondary N) is 2. The Bertz CT molecular complexity index is 507. The smallest absolute Gasteiger partial charge is 0.353 e. The second kappa shape index (κ2) is 9.21. The Balaban J connectivity index is 1.96. The third-order valence-corrected chi connectivity index (χ3v) is 3.77. The van der Waals surface area contributed by atoms with Crippen molar-refractivity contribution < 1.29 is 9.66 Å². The highest BCUT2D eigenvalue weighted by atomic mass is 16.6. The SMILES string of the molecule is COCCNc1ncnc(NCCN2CCCCC2)c1[N+](=O)[O-]. The first-order chi connectivity index (χ1) is 11.2. The number of methoxy groups -OCH3 is 1. The Morgan fingerprint density at radius 3 is 2.48 bits per heavy atom. The predicted molar refractivity (Wildman–Crippen MR) is 87.8 cm³/mol. The van der Waals surface area contributed by atoms with Gasteiger partial charge >= 0.3 is 5.69 Å². The maximum absolute atomic E-state index is 11.3. The molecule has 0 atom stereocenters. The van der Waals surface area contributed by atoms with Crippen molar-refractivity contribution in [2.45, 2.75) is 19.3 Å². The molecule has 9 nitrogen and oxygen atoms in total. The maximum atomic E-state index is 11.3. The molecule has 23 heavy (non-hydrogen) atoms. The first-order valence-corrected chi connectivity index (χ1v) is 7.91. The van der Waals surface area contributed by atoms with E-state index in [1.54, 1.807) is 7.11 Å². The summed E-state index contributed by atoms with van der Waals surface area (Å²) in [5, 5.41) is 17.3. The van der Waals surface area contributed by atoms with Gasteiger partial charge in [-0.25, -0.2) is 9.97 Å². The number of aromatic nitrogens is 2. The van der Waals surface area contributed by atoms with Crippen LogP contribution in [0.25, 0.3) is 0 Å². The molecule has 2 heterocycles. The van der Waals surface area contributed by atoms with Crippen molar-refractivity contribution in [3.8, 4) is 0 Å². The Hall–Kier alpha value is -2.00. The molecule has 0 bridgehead atoms. The quantitative estimate of drug-likeness (QED) is 0.398. The molecular weight excluding hydrogens is 300 g/mol. The van der Waals surface area contributed by atoms with E-state index in [0.29, 0.717) is 19.7 Å². The number of piperidine rings is 1. The summed E-state index contributed by atoms with van der Waals surface area (Å²) in [6.07, 6.45) is 5.06. The molecule has 2 rings (SSSR count). The molecule has 0 radical (unpaired) electrons. The van der Waals surface area contributed by atoms with Crippen LogP contribution in [-0.2, 0) is 4.74 Å². The van der Waals surface area contributed by atoms with Crippen molar-refractivity contribution in [3.63, 3.8) is 0 Å². The molecule has 0 amide bonds. The molecule has 0 aromatic carbocycles. The van der Waals surface area contributed by atoms with Gasteiger partial charge in [-0.15, -0.1) is 0 Å². The fourth-order valence-electron chi connectivity index (χ4n) is 2.60. The molecule has 2 N–H and O–H groups in total. The fraction of sp³-hybridized carbons (Fsp3) is 0.714. The normalized spacial score (nSPS) is 15.3. The molecule has 0 spiro atoms. The van der Waals surface area contributed by atoms with Crippen LogP contribution in [0.1, 0.15) is 19.3 Å². The van der Waals surface area contributed by atoms with E-state index >= 15 is 0 Å². The lowest BCUT2D eigenvalue weighted by Crippen LogP contribution is -2.33. The zero-order valence-corrected chi connectivity index (χ0v) is 13.5. The van der Waals surface area contributed by atoms with Gasteiger partial charge in [0, 0.05) is 26.7 Å². The minimum atomic E-state index is -0.460. The van der Waals surface area contributed by atoms with E-state index in [9.17, 15) is 10.1 Å². The molecule has 0 aliphatic carbocycles. The van der Waals surface area contributed by atoms with Gasteiger partial charge in [-0.2, -0.15) is 0 Å². The number of likely N-dealkylation sites (tertiary alicyclic amines) is 1. The van der Waals surface area contributed by atoms with E-state index in [4.69, 9.17) is 4.74 Å². The Morgan fingerprint density at radius 2 is 1.87 bits per heavy atom. The summed E-state index contributed by atoms with van der Waals surface area (Å²) in [5.74, 6) is 0.462. The second-order valence-corrected chi connectivity index (χ2v) is 5.43. The first-order valence-electron chi connectivity index (χ1n) is 7.91. The van der Waals surface area contributed by atoms with Crippen molar-refractivity contribution in [2.75, 3.05) is 57.1 Å². The largest absolute Gasteiger partial charge is 0.383 e. The van der Waals surface area contributed by atoms with E-state index in [1.807, 2.05) is 0 Å². The van der Waals surface area contributed by atoms with Crippen LogP contribution in [0.2, 0.25) is 0 Å². The van der Waals surface area contributed by atoms with E-state index in [0.717, 1.165) is 19.6 Å². The third-order valence-electron chi connectivity index (χ3n) is 3.77. The molecule has 1 aliphatic rings. The molecule has 1 aromatic rings. The van der Waals surface area contributed by atoms with E-state index in [2.05, 4.69) is 25.5 Å². The van der Waals surface area contributed by atoms with Gasteiger partial charge in [0.2, 0.25) is 11.6 Å². The van der Waals surface area contributed by atoms with Gasteiger partial charge in [0.1, 0.15) is 6.33 Å². The van der Waals surface area contributed by atoms with Gasteiger partial charge in [-0.1, -0.05) is 6.42 Å². The van der Waals surface area contributed by atoms with Gasteiger partial charge < -0.3 is 20.3 Å². The number of ether oxygens (including phenoxy) is 1. The average molecular weight is 324 g/mol. The number of rotatable bonds is 9. The standard InChI is InChI=1S/C14H24N6O3/c1-23-10-6-16-14-12(20(21)22)13(17-11-18-14)15-5-9-19-7-3-2-4-8-19/h11H,2-10H2,1H3,(H2,15,16,17,18). The molecule has 1 fully saturated rings. The molecule has 1 aliphatic heterocycles. The third kappa shape index (κ3) is 5.29. The lowest BCUT2D eigenvalue weighted by atomic mass is 10.1. The zero-order chi connectivity index (χ0) is 16.5. The molecular formula is C14H24N6O3. The maximum Gasteiger partial charge on any atom is 0.353 e. The van der Waals surface area contributed by atoms with Crippen LogP contribution in [0.15, 0.2) is 6.33 Å². The molecule has 0 saturated carbocycles. The fourth-order valence-corrected chi connectivity index (χ4v) is 2.60. The highest BCUT2D eigenvalue weighted by Gasteiger charge is 2.22. The van der Waals surface area contributed by atoms with Crippen LogP contribution in [0.4, 0.5) is 17.3 Å². The highest BCUT2D eigenvalue weighted by molar-refractivity contribution is 5.69. The number of nitro groups is 1. The van der Waals surface area contributed by atoms with Gasteiger partial charge in [0.15, 0.2) is 0 Å². The summed E-state index contributed by atoms with van der Waals surface area (Å²) >= 11 is 0. The van der Waals surface area contributed by atoms with Crippen LogP contribution in [-0.4, -0.2) is 66.2 Å². The molecule has 9 heteroatoms. The minimum absolute atomic E-state index is 0.123. The predicted octanol–water partition coefficient (Wildman–Crippen LogP) is 1.34. The summed E-state index contributed by atoms with van der Waals surface area (Å²) in [4.78, 5) is 21.2. The number of anilines is 2. The lowest BCUT2D eigenvalue weighted by molar-refractivity contribution is -0.383. The van der Waals surface area contributed by atoms with Crippen molar-refractivity contribution in [1.82, 2.24) is 14.9 Å². The van der Waals surface area contributed by atoms with Crippen LogP contribution in [0.3, 0.4) is 0 Å². The first kappa shape index (κ1) is 17.4. The number of hydrogen-bond donors (Lipinski definition) is 2. The zero-order valence-electron chi connectivity index (χ0n) is 13.5. The van der Waals surface area contributed by atoms with Crippen molar-refractivity contribution >= 4 is 17.3 Å². The monoisotopic (exact) mass is 324 g/mol. The molecule has 0 unspecified atom stereocenters. The summed E-state index contributed by atoms with van der Waals surface area (Å²) in [6, 6.07) is 0. The summed E-state index contributed by atoms with van der Waals surface area (Å²) in [7, 11) is 1.57. The van der Waals surface area contributed by atoms with Crippen molar-refractivity contribution in [1.29, 1.82) is 0 Å². The Morgan fingerprint density at radius 1 is 1.22 bits per heavy atom. The van der Waals surface area contributed by atoms with Crippen molar-refractivity contribution in [2.24, 2.45) is 0 Å². The van der Waals surface area contributed by atoms with E-state index < -0.39 is 4.92 Å². The van der Waals surface area contributed by atoms with Crippen LogP contribution in [0, 0.1) is 10.1 Å². The highest BCUT2D eigenvalue weighted by Crippen LogP contribution is 2.28. The second-order valence-electron chi connectivity index (χ2n) is 5.43. The Kier molecular flexibility index (Phi) is 6.95. The van der Waals surface area contributed by atoms with Crippen LogP contribution >= 0.6 is 0 Å². The Labute approximate surface area is 135 Å². The topological polar surface area (TPSA) is 105 Å². The molecule has 1 saturated heterocycles. The van der Waals surface area contributed by atoms with Crippen LogP contribution in [0.5, 0.6) is 0 Å². The summed E-state index contributed by atoms with van der Waals surface area (Å²) < 4.78 is 4.93. The lowest BCUT2D eigenvalue weighted by Gasteiger charge is -2.26.